The number of hydrogen-bond acceptors (Lipinski definition) is 6. The van der Waals surface area contributed by atoms with Crippen molar-refractivity contribution < 1.29 is 4.39 Å². The molecule has 0 fully saturated rings. The van der Waals surface area contributed by atoms with Gasteiger partial charge in [-0.25, -0.2) is 14.4 Å². The van der Waals surface area contributed by atoms with E-state index >= 15 is 0 Å². The van der Waals surface area contributed by atoms with Crippen LogP contribution in [0, 0.1) is 5.82 Å². The summed E-state index contributed by atoms with van der Waals surface area (Å²) >= 11 is 0. The number of hydrogen-bond donors (Lipinski definition) is 4. The van der Waals surface area contributed by atoms with Crippen molar-refractivity contribution in [3.63, 3.8) is 0 Å². The fraction of sp³-hybridized carbons (Fsp3) is 0.250. The number of rotatable bonds is 6. The topological polar surface area (TPSA) is 112 Å². The van der Waals surface area contributed by atoms with E-state index in [4.69, 9.17) is 15.7 Å². The molecule has 2 aromatic carbocycles. The van der Waals surface area contributed by atoms with Gasteiger partial charge in [0.1, 0.15) is 11.3 Å². The Hall–Kier alpha value is -3.92. The summed E-state index contributed by atoms with van der Waals surface area (Å²) in [5, 5.41) is 11.0. The molecule has 0 bridgehead atoms. The van der Waals surface area contributed by atoms with Crippen LogP contribution in [0.4, 0.5) is 4.39 Å². The van der Waals surface area contributed by atoms with Gasteiger partial charge in [-0.05, 0) is 80.2 Å². The summed E-state index contributed by atoms with van der Waals surface area (Å²) in [6, 6.07) is 14.6. The third kappa shape index (κ3) is 4.53. The number of imidazole rings is 1. The Morgan fingerprint density at radius 3 is 2.76 bits per heavy atom. The zero-order valence-corrected chi connectivity index (χ0v) is 20.8. The Kier molecular flexibility index (Phi) is 6.03. The van der Waals surface area contributed by atoms with Crippen molar-refractivity contribution in [3.8, 4) is 22.6 Å². The minimum atomic E-state index is -0.322. The van der Waals surface area contributed by atoms with E-state index in [1.54, 1.807) is 0 Å². The quantitative estimate of drug-likeness (QED) is 0.280. The highest BCUT2D eigenvalue weighted by Crippen LogP contribution is 2.33. The van der Waals surface area contributed by atoms with E-state index in [0.717, 1.165) is 64.0 Å². The predicted octanol–water partition coefficient (Wildman–Crippen LogP) is 4.25. The van der Waals surface area contributed by atoms with Gasteiger partial charge in [0.25, 0.3) is 0 Å². The lowest BCUT2D eigenvalue weighted by Crippen LogP contribution is -2.26. The lowest BCUT2D eigenvalue weighted by molar-refractivity contribution is 0.376. The highest BCUT2D eigenvalue weighted by Gasteiger charge is 2.18. The number of pyridine rings is 1. The lowest BCUT2D eigenvalue weighted by Gasteiger charge is -2.18. The summed E-state index contributed by atoms with van der Waals surface area (Å²) in [5.41, 5.74) is 14.7. The number of nitrogens with zero attached hydrogens (tertiary/aromatic N) is 4. The molecule has 0 saturated heterocycles. The van der Waals surface area contributed by atoms with Crippen LogP contribution in [0.15, 0.2) is 54.6 Å². The van der Waals surface area contributed by atoms with Crippen LogP contribution in [-0.4, -0.2) is 63.8 Å². The summed E-state index contributed by atoms with van der Waals surface area (Å²) < 4.78 is 14.7. The number of para-hydroxylation sites is 1. The molecule has 1 unspecified atom stereocenters. The van der Waals surface area contributed by atoms with Gasteiger partial charge >= 0.3 is 0 Å². The van der Waals surface area contributed by atoms with Crippen molar-refractivity contribution in [2.24, 2.45) is 5.73 Å². The van der Waals surface area contributed by atoms with E-state index < -0.39 is 0 Å². The first-order valence-corrected chi connectivity index (χ1v) is 12.4. The molecule has 5 aromatic rings. The number of nitrogens with two attached hydrogens (primary N) is 1. The Morgan fingerprint density at radius 1 is 1.05 bits per heavy atom. The average Bonchev–Trinajstić information content (AvgIpc) is 3.52. The maximum Gasteiger partial charge on any atom is 0.161 e. The second kappa shape index (κ2) is 9.51. The van der Waals surface area contributed by atoms with Gasteiger partial charge in [-0.2, -0.15) is 5.10 Å². The largest absolute Gasteiger partial charge is 0.336 e. The third-order valence-corrected chi connectivity index (χ3v) is 6.76. The van der Waals surface area contributed by atoms with Crippen molar-refractivity contribution in [1.82, 2.24) is 35.4 Å². The van der Waals surface area contributed by atoms with Crippen LogP contribution in [0.3, 0.4) is 0 Å². The zero-order chi connectivity index (χ0) is 25.5. The molecule has 6 rings (SSSR count). The highest BCUT2D eigenvalue weighted by atomic mass is 19.1. The molecule has 0 aliphatic carbocycles. The first-order valence-electron chi connectivity index (χ1n) is 12.4. The fourth-order valence-electron chi connectivity index (χ4n) is 4.96. The molecule has 4 heterocycles. The summed E-state index contributed by atoms with van der Waals surface area (Å²) in [7, 11) is 3.90. The molecule has 1 aliphatic rings. The van der Waals surface area contributed by atoms with Gasteiger partial charge in [0.05, 0.1) is 22.2 Å². The van der Waals surface area contributed by atoms with Crippen molar-refractivity contribution in [3.05, 3.63) is 71.7 Å². The van der Waals surface area contributed by atoms with Crippen LogP contribution in [0.1, 0.15) is 23.7 Å². The van der Waals surface area contributed by atoms with E-state index in [9.17, 15) is 4.39 Å². The number of fused-ring (bicyclic) bond motifs is 2. The SMILES string of the molecule is CN(C)CC(N)c1cc(F)cc(-c2cccc3[nH]c(-c4n[nH]c5ccc(C6=CCNCC6)nc45)nc23)c1. The fourth-order valence-corrected chi connectivity index (χ4v) is 4.96. The number of likely N-dealkylation sites (N-methyl/N-ethyl adjacent to an activating group) is 1. The Bertz CT molecular complexity index is 1630. The second-order valence-electron chi connectivity index (χ2n) is 9.78. The van der Waals surface area contributed by atoms with Crippen LogP contribution in [0.5, 0.6) is 0 Å². The molecule has 0 radical (unpaired) electrons. The number of aromatic nitrogens is 5. The van der Waals surface area contributed by atoms with Crippen LogP contribution in [0.2, 0.25) is 0 Å². The molecule has 5 N–H and O–H groups in total. The van der Waals surface area contributed by atoms with Gasteiger partial charge in [0.2, 0.25) is 0 Å². The molecule has 8 nitrogen and oxygen atoms in total. The maximum absolute atomic E-state index is 14.7. The van der Waals surface area contributed by atoms with Crippen molar-refractivity contribution in [2.45, 2.75) is 12.5 Å². The van der Waals surface area contributed by atoms with Crippen molar-refractivity contribution in [1.29, 1.82) is 0 Å². The lowest BCUT2D eigenvalue weighted by atomic mass is 9.98. The molecule has 0 amide bonds. The maximum atomic E-state index is 14.7. The van der Waals surface area contributed by atoms with Gasteiger partial charge in [-0.15, -0.1) is 0 Å². The van der Waals surface area contributed by atoms with E-state index in [0.29, 0.717) is 18.1 Å². The summed E-state index contributed by atoms with van der Waals surface area (Å²) in [4.78, 5) is 15.2. The third-order valence-electron chi connectivity index (χ3n) is 6.76. The summed E-state index contributed by atoms with van der Waals surface area (Å²) in [5.74, 6) is 0.287. The molecule has 3 aromatic heterocycles. The van der Waals surface area contributed by atoms with E-state index in [1.165, 1.54) is 17.7 Å². The summed E-state index contributed by atoms with van der Waals surface area (Å²) in [6.07, 6.45) is 3.12. The smallest absolute Gasteiger partial charge is 0.161 e. The highest BCUT2D eigenvalue weighted by molar-refractivity contribution is 5.96. The molecule has 0 spiro atoms. The number of aromatic amines is 2. The molecular formula is C28H29FN8. The van der Waals surface area contributed by atoms with E-state index in [1.807, 2.05) is 55.4 Å². The van der Waals surface area contributed by atoms with Gasteiger partial charge in [-0.3, -0.25) is 5.10 Å². The average molecular weight is 497 g/mol. The Balaban J connectivity index is 1.43. The molecule has 1 atom stereocenters. The molecule has 37 heavy (non-hydrogen) atoms. The normalized spacial score (nSPS) is 15.0. The van der Waals surface area contributed by atoms with Gasteiger partial charge in [0, 0.05) is 24.7 Å². The predicted molar refractivity (Wildman–Crippen MR) is 145 cm³/mol. The standard InChI is InChI=1S/C28H29FN8/c1-37(2)15-21(30)18-12-17(13-19(29)14-18)20-4-3-5-23-25(20)34-28(33-23)27-26-24(35-36-27)7-6-22(32-26)16-8-10-31-11-9-16/h3-8,12-14,21,31H,9-11,15,30H2,1-2H3,(H,33,34)(H,35,36). The van der Waals surface area contributed by atoms with Crippen LogP contribution < -0.4 is 11.1 Å². The second-order valence-corrected chi connectivity index (χ2v) is 9.78. The van der Waals surface area contributed by atoms with Gasteiger partial charge in [-0.1, -0.05) is 18.2 Å². The van der Waals surface area contributed by atoms with E-state index in [2.05, 4.69) is 26.6 Å². The number of nitrogens with one attached hydrogen (secondary N) is 3. The minimum Gasteiger partial charge on any atom is -0.336 e. The monoisotopic (exact) mass is 496 g/mol. The van der Waals surface area contributed by atoms with Crippen LogP contribution >= 0.6 is 0 Å². The zero-order valence-electron chi connectivity index (χ0n) is 20.8. The van der Waals surface area contributed by atoms with Crippen LogP contribution in [0.25, 0.3) is 50.3 Å². The van der Waals surface area contributed by atoms with Gasteiger partial charge < -0.3 is 20.9 Å². The van der Waals surface area contributed by atoms with Gasteiger partial charge in [0.15, 0.2) is 11.5 Å². The Labute approximate surface area is 213 Å². The number of H-pyrrole nitrogens is 2. The Morgan fingerprint density at radius 2 is 1.95 bits per heavy atom. The first-order chi connectivity index (χ1) is 18.0. The number of benzene rings is 2. The molecule has 0 saturated carbocycles. The minimum absolute atomic E-state index is 0.302. The molecule has 9 heteroatoms. The molecular weight excluding hydrogens is 467 g/mol. The van der Waals surface area contributed by atoms with Crippen molar-refractivity contribution in [2.75, 3.05) is 33.7 Å². The van der Waals surface area contributed by atoms with Crippen molar-refractivity contribution >= 4 is 27.6 Å². The molecule has 188 valence electrons. The summed E-state index contributed by atoms with van der Waals surface area (Å²) in [6.45, 7) is 2.41. The van der Waals surface area contributed by atoms with Crippen LogP contribution in [-0.2, 0) is 0 Å². The first kappa shape index (κ1) is 23.5. The molecule has 1 aliphatic heterocycles. The number of halogens is 1. The van der Waals surface area contributed by atoms with E-state index in [-0.39, 0.29) is 11.9 Å².